The summed E-state index contributed by atoms with van der Waals surface area (Å²) in [7, 11) is 1.59. The second-order valence-corrected chi connectivity index (χ2v) is 7.53. The molecule has 1 saturated heterocycles. The van der Waals surface area contributed by atoms with Crippen LogP contribution in [0.2, 0.25) is 0 Å². The molecule has 31 heavy (non-hydrogen) atoms. The lowest BCUT2D eigenvalue weighted by atomic mass is 10.1. The first-order valence-corrected chi connectivity index (χ1v) is 10.4. The predicted molar refractivity (Wildman–Crippen MR) is 117 cm³/mol. The number of nitrogens with one attached hydrogen (secondary N) is 1. The smallest absolute Gasteiger partial charge is 0.312 e. The van der Waals surface area contributed by atoms with Gasteiger partial charge >= 0.3 is 5.97 Å². The van der Waals surface area contributed by atoms with Crippen LogP contribution in [0.3, 0.4) is 0 Å². The number of anilines is 1. The van der Waals surface area contributed by atoms with Crippen molar-refractivity contribution in [1.82, 2.24) is 5.32 Å². The van der Waals surface area contributed by atoms with Crippen molar-refractivity contribution in [2.45, 2.75) is 39.3 Å². The maximum Gasteiger partial charge on any atom is 0.312 e. The van der Waals surface area contributed by atoms with E-state index in [-0.39, 0.29) is 24.8 Å². The lowest BCUT2D eigenvalue weighted by Crippen LogP contribution is -2.37. The fourth-order valence-electron chi connectivity index (χ4n) is 3.57. The first-order valence-electron chi connectivity index (χ1n) is 10.4. The van der Waals surface area contributed by atoms with Gasteiger partial charge in [0, 0.05) is 25.2 Å². The van der Waals surface area contributed by atoms with Crippen LogP contribution in [-0.2, 0) is 32.1 Å². The molecule has 2 amide bonds. The Kier molecular flexibility index (Phi) is 7.28. The van der Waals surface area contributed by atoms with Crippen molar-refractivity contribution in [3.63, 3.8) is 0 Å². The topological polar surface area (TPSA) is 84.9 Å². The molecule has 0 spiro atoms. The molecule has 3 rings (SSSR count). The van der Waals surface area contributed by atoms with E-state index in [9.17, 15) is 14.4 Å². The monoisotopic (exact) mass is 424 g/mol. The number of hydrogen-bond donors (Lipinski definition) is 1. The molecule has 0 aromatic heterocycles. The molecule has 1 aliphatic heterocycles. The fourth-order valence-corrected chi connectivity index (χ4v) is 3.57. The van der Waals surface area contributed by atoms with E-state index >= 15 is 0 Å². The first-order chi connectivity index (χ1) is 14.9. The van der Waals surface area contributed by atoms with E-state index in [1.54, 1.807) is 12.0 Å². The Labute approximate surface area is 182 Å². The van der Waals surface area contributed by atoms with Crippen LogP contribution >= 0.6 is 0 Å². The van der Waals surface area contributed by atoms with Gasteiger partial charge in [0.1, 0.15) is 5.75 Å². The van der Waals surface area contributed by atoms with E-state index in [0.717, 1.165) is 29.0 Å². The van der Waals surface area contributed by atoms with E-state index in [0.29, 0.717) is 6.54 Å². The van der Waals surface area contributed by atoms with Gasteiger partial charge in [-0.2, -0.15) is 0 Å². The van der Waals surface area contributed by atoms with Crippen LogP contribution in [0, 0.1) is 5.92 Å². The highest BCUT2D eigenvalue weighted by Gasteiger charge is 2.37. The van der Waals surface area contributed by atoms with Crippen LogP contribution in [-0.4, -0.2) is 37.5 Å². The van der Waals surface area contributed by atoms with Gasteiger partial charge in [-0.15, -0.1) is 0 Å². The van der Waals surface area contributed by atoms with Gasteiger partial charge in [-0.1, -0.05) is 37.3 Å². The standard InChI is InChI=1S/C24H28N2O5/c1-4-18-7-5-6-8-21(18)26-15-19(13-22(26)27)24(29)31-16(2)23(28)25-14-17-9-11-20(30-3)12-10-17/h5-12,16,19H,4,13-15H2,1-3H3,(H,25,28)/t16-,19-/m1/s1. The summed E-state index contributed by atoms with van der Waals surface area (Å²) in [6.45, 7) is 4.13. The first kappa shape index (κ1) is 22.3. The molecule has 2 aromatic carbocycles. The van der Waals surface area contributed by atoms with Gasteiger partial charge in [-0.05, 0) is 42.7 Å². The summed E-state index contributed by atoms with van der Waals surface area (Å²) in [4.78, 5) is 39.1. The lowest BCUT2D eigenvalue weighted by molar-refractivity contribution is -0.158. The third-order valence-corrected chi connectivity index (χ3v) is 5.41. The average molecular weight is 424 g/mol. The van der Waals surface area contributed by atoms with Gasteiger partial charge in [0.2, 0.25) is 5.91 Å². The van der Waals surface area contributed by atoms with Crippen LogP contribution in [0.25, 0.3) is 0 Å². The average Bonchev–Trinajstić information content (AvgIpc) is 3.19. The zero-order chi connectivity index (χ0) is 22.4. The minimum atomic E-state index is -0.946. The number of carbonyl (C=O) groups excluding carboxylic acids is 3. The Hall–Kier alpha value is -3.35. The molecular formula is C24H28N2O5. The Morgan fingerprint density at radius 2 is 1.87 bits per heavy atom. The molecule has 164 valence electrons. The maximum absolute atomic E-state index is 12.6. The molecule has 1 aliphatic rings. The van der Waals surface area contributed by atoms with E-state index in [4.69, 9.17) is 9.47 Å². The fraction of sp³-hybridized carbons (Fsp3) is 0.375. The van der Waals surface area contributed by atoms with Gasteiger partial charge in [-0.3, -0.25) is 14.4 Å². The second-order valence-electron chi connectivity index (χ2n) is 7.53. The minimum absolute atomic E-state index is 0.0804. The summed E-state index contributed by atoms with van der Waals surface area (Å²) in [5.41, 5.74) is 2.78. The van der Waals surface area contributed by atoms with E-state index in [1.165, 1.54) is 6.92 Å². The molecule has 2 aromatic rings. The van der Waals surface area contributed by atoms with Crippen molar-refractivity contribution in [2.24, 2.45) is 5.92 Å². The van der Waals surface area contributed by atoms with Gasteiger partial charge < -0.3 is 19.7 Å². The second kappa shape index (κ2) is 10.1. The van der Waals surface area contributed by atoms with Gasteiger partial charge in [0.25, 0.3) is 5.91 Å². The highest BCUT2D eigenvalue weighted by Crippen LogP contribution is 2.29. The molecule has 1 fully saturated rings. The van der Waals surface area contributed by atoms with Crippen molar-refractivity contribution in [3.8, 4) is 5.75 Å². The molecule has 0 unspecified atom stereocenters. The Balaban J connectivity index is 1.53. The third kappa shape index (κ3) is 5.42. The number of nitrogens with zero attached hydrogens (tertiary/aromatic N) is 1. The molecule has 7 nitrogen and oxygen atoms in total. The molecule has 1 heterocycles. The van der Waals surface area contributed by atoms with E-state index < -0.39 is 18.0 Å². The summed E-state index contributed by atoms with van der Waals surface area (Å²) < 4.78 is 10.5. The van der Waals surface area contributed by atoms with Crippen molar-refractivity contribution in [1.29, 1.82) is 0 Å². The molecule has 0 saturated carbocycles. The van der Waals surface area contributed by atoms with Gasteiger partial charge in [0.05, 0.1) is 13.0 Å². The van der Waals surface area contributed by atoms with Crippen molar-refractivity contribution < 1.29 is 23.9 Å². The number of ether oxygens (including phenoxy) is 2. The predicted octanol–water partition coefficient (Wildman–Crippen LogP) is 2.86. The minimum Gasteiger partial charge on any atom is -0.497 e. The zero-order valence-electron chi connectivity index (χ0n) is 18.1. The van der Waals surface area contributed by atoms with Crippen LogP contribution < -0.4 is 15.0 Å². The van der Waals surface area contributed by atoms with Crippen molar-refractivity contribution in [2.75, 3.05) is 18.6 Å². The van der Waals surface area contributed by atoms with Gasteiger partial charge in [-0.25, -0.2) is 0 Å². The third-order valence-electron chi connectivity index (χ3n) is 5.41. The largest absolute Gasteiger partial charge is 0.497 e. The van der Waals surface area contributed by atoms with Crippen LogP contribution in [0.5, 0.6) is 5.75 Å². The lowest BCUT2D eigenvalue weighted by Gasteiger charge is -2.20. The van der Waals surface area contributed by atoms with Crippen LogP contribution in [0.1, 0.15) is 31.4 Å². The Bertz CT molecular complexity index is 941. The van der Waals surface area contributed by atoms with Crippen molar-refractivity contribution >= 4 is 23.5 Å². The highest BCUT2D eigenvalue weighted by atomic mass is 16.5. The summed E-state index contributed by atoms with van der Waals surface area (Å²) in [6, 6.07) is 15.0. The number of benzene rings is 2. The molecule has 1 N–H and O–H groups in total. The number of hydrogen-bond acceptors (Lipinski definition) is 5. The molecule has 0 aliphatic carbocycles. The van der Waals surface area contributed by atoms with Gasteiger partial charge in [0.15, 0.2) is 6.10 Å². The number of aryl methyl sites for hydroxylation is 1. The SMILES string of the molecule is CCc1ccccc1N1C[C@H](C(=O)O[C@H](C)C(=O)NCc2ccc(OC)cc2)CC1=O. The number of carbonyl (C=O) groups is 3. The molecule has 2 atom stereocenters. The number of methoxy groups -OCH3 is 1. The summed E-state index contributed by atoms with van der Waals surface area (Å²) in [6.07, 6.45) is -0.0739. The number of esters is 1. The molecule has 0 bridgehead atoms. The number of rotatable bonds is 8. The van der Waals surface area contributed by atoms with E-state index in [1.807, 2.05) is 55.5 Å². The Morgan fingerprint density at radius 1 is 1.16 bits per heavy atom. The number of para-hydroxylation sites is 1. The highest BCUT2D eigenvalue weighted by molar-refractivity contribution is 6.00. The van der Waals surface area contributed by atoms with Crippen molar-refractivity contribution in [3.05, 3.63) is 59.7 Å². The molecule has 7 heteroatoms. The summed E-state index contributed by atoms with van der Waals surface area (Å²) >= 11 is 0. The van der Waals surface area contributed by atoms with E-state index in [2.05, 4.69) is 5.32 Å². The summed E-state index contributed by atoms with van der Waals surface area (Å²) in [5.74, 6) is -0.883. The molecule has 0 radical (unpaired) electrons. The maximum atomic E-state index is 12.6. The molecular weight excluding hydrogens is 396 g/mol. The van der Waals surface area contributed by atoms with Crippen LogP contribution in [0.15, 0.2) is 48.5 Å². The quantitative estimate of drug-likeness (QED) is 0.659. The summed E-state index contributed by atoms with van der Waals surface area (Å²) in [5, 5.41) is 2.76. The van der Waals surface area contributed by atoms with Crippen LogP contribution in [0.4, 0.5) is 5.69 Å². The Morgan fingerprint density at radius 3 is 2.55 bits per heavy atom. The number of amides is 2. The zero-order valence-corrected chi connectivity index (χ0v) is 18.1. The normalized spacial score (nSPS) is 16.7.